The summed E-state index contributed by atoms with van der Waals surface area (Å²) in [7, 11) is 0. The average molecular weight is 318 g/mol. The zero-order valence-electron chi connectivity index (χ0n) is 14.1. The highest BCUT2D eigenvalue weighted by Crippen LogP contribution is 2.39. The quantitative estimate of drug-likeness (QED) is 0.648. The lowest BCUT2D eigenvalue weighted by molar-refractivity contribution is 0.475. The van der Waals surface area contributed by atoms with E-state index in [1.807, 2.05) is 24.3 Å². The van der Waals surface area contributed by atoms with E-state index in [1.165, 1.54) is 22.3 Å². The Morgan fingerprint density at radius 3 is 1.67 bits per heavy atom. The molecule has 2 nitrogen and oxygen atoms in total. The normalized spacial score (nSPS) is 10.8. The fourth-order valence-corrected chi connectivity index (χ4v) is 3.19. The van der Waals surface area contributed by atoms with Crippen LogP contribution in [0.25, 0.3) is 22.3 Å². The molecule has 3 aromatic carbocycles. The largest absolute Gasteiger partial charge is 0.508 e. The van der Waals surface area contributed by atoms with Gasteiger partial charge in [-0.25, -0.2) is 0 Å². The van der Waals surface area contributed by atoms with Gasteiger partial charge in [-0.1, -0.05) is 49.7 Å². The molecule has 3 aromatic rings. The van der Waals surface area contributed by atoms with Crippen molar-refractivity contribution in [3.05, 3.63) is 71.8 Å². The summed E-state index contributed by atoms with van der Waals surface area (Å²) in [6.45, 7) is 4.29. The lowest BCUT2D eigenvalue weighted by atomic mass is 9.86. The maximum atomic E-state index is 9.62. The van der Waals surface area contributed by atoms with Crippen LogP contribution in [0.1, 0.15) is 24.5 Å². The molecule has 0 fully saturated rings. The van der Waals surface area contributed by atoms with Crippen LogP contribution in [0.3, 0.4) is 0 Å². The van der Waals surface area contributed by atoms with Crippen molar-refractivity contribution in [3.63, 3.8) is 0 Å². The van der Waals surface area contributed by atoms with Crippen molar-refractivity contribution in [2.24, 2.45) is 0 Å². The van der Waals surface area contributed by atoms with Crippen molar-refractivity contribution in [2.75, 3.05) is 0 Å². The Kier molecular flexibility index (Phi) is 4.57. The average Bonchev–Trinajstić information content (AvgIpc) is 2.58. The van der Waals surface area contributed by atoms with Crippen LogP contribution in [0.15, 0.2) is 60.7 Å². The molecule has 0 aliphatic rings. The van der Waals surface area contributed by atoms with Gasteiger partial charge in [0.25, 0.3) is 0 Å². The smallest absolute Gasteiger partial charge is 0.115 e. The molecule has 0 bridgehead atoms. The number of rotatable bonds is 4. The molecule has 0 amide bonds. The Bertz CT molecular complexity index is 831. The SMILES string of the molecule is CCCc1ccc(C)c(-c2ccc(O)cc2)c1-c1ccc(O)cc1. The van der Waals surface area contributed by atoms with Gasteiger partial charge in [-0.2, -0.15) is 0 Å². The molecule has 2 N–H and O–H groups in total. The Morgan fingerprint density at radius 2 is 1.17 bits per heavy atom. The zero-order chi connectivity index (χ0) is 17.1. The third-order valence-electron chi connectivity index (χ3n) is 4.33. The number of aromatic hydroxyl groups is 2. The predicted molar refractivity (Wildman–Crippen MR) is 99.4 cm³/mol. The molecule has 0 radical (unpaired) electrons. The maximum Gasteiger partial charge on any atom is 0.115 e. The van der Waals surface area contributed by atoms with Gasteiger partial charge >= 0.3 is 0 Å². The summed E-state index contributed by atoms with van der Waals surface area (Å²) in [5, 5.41) is 19.2. The monoisotopic (exact) mass is 318 g/mol. The molecule has 0 heterocycles. The molecule has 0 aliphatic carbocycles. The van der Waals surface area contributed by atoms with Crippen LogP contribution < -0.4 is 0 Å². The summed E-state index contributed by atoms with van der Waals surface area (Å²) in [6.07, 6.45) is 2.07. The second-order valence-corrected chi connectivity index (χ2v) is 6.14. The highest BCUT2D eigenvalue weighted by Gasteiger charge is 2.15. The molecule has 122 valence electrons. The first-order valence-electron chi connectivity index (χ1n) is 8.31. The van der Waals surface area contributed by atoms with Gasteiger partial charge in [-0.05, 0) is 71.0 Å². The summed E-state index contributed by atoms with van der Waals surface area (Å²) in [4.78, 5) is 0. The standard InChI is InChI=1S/C22H22O2/c1-3-4-16-6-5-15(2)21(17-7-11-19(23)12-8-17)22(16)18-9-13-20(24)14-10-18/h5-14,23-24H,3-4H2,1-2H3. The Labute approximate surface area is 143 Å². The van der Waals surface area contributed by atoms with Crippen molar-refractivity contribution >= 4 is 0 Å². The van der Waals surface area contributed by atoms with Crippen molar-refractivity contribution < 1.29 is 10.2 Å². The topological polar surface area (TPSA) is 40.5 Å². The molecule has 3 rings (SSSR count). The van der Waals surface area contributed by atoms with Crippen LogP contribution in [0, 0.1) is 6.92 Å². The van der Waals surface area contributed by atoms with E-state index in [-0.39, 0.29) is 11.5 Å². The van der Waals surface area contributed by atoms with Crippen LogP contribution in [-0.4, -0.2) is 10.2 Å². The first-order chi connectivity index (χ1) is 11.6. The molecule has 0 aliphatic heterocycles. The summed E-state index contributed by atoms with van der Waals surface area (Å²) in [5.74, 6) is 0.543. The van der Waals surface area contributed by atoms with Crippen LogP contribution >= 0.6 is 0 Å². The fourth-order valence-electron chi connectivity index (χ4n) is 3.19. The minimum atomic E-state index is 0.271. The van der Waals surface area contributed by atoms with E-state index in [4.69, 9.17) is 0 Å². The molecular formula is C22H22O2. The lowest BCUT2D eigenvalue weighted by Gasteiger charge is -2.18. The summed E-state index contributed by atoms with van der Waals surface area (Å²) < 4.78 is 0. The Balaban J connectivity index is 2.28. The molecule has 0 spiro atoms. The van der Waals surface area contributed by atoms with Gasteiger partial charge in [0.1, 0.15) is 11.5 Å². The van der Waals surface area contributed by atoms with Gasteiger partial charge in [0, 0.05) is 0 Å². The number of hydrogen-bond donors (Lipinski definition) is 2. The molecule has 0 saturated carbocycles. The molecule has 0 aromatic heterocycles. The molecule has 0 atom stereocenters. The minimum absolute atomic E-state index is 0.271. The maximum absolute atomic E-state index is 9.62. The summed E-state index contributed by atoms with van der Waals surface area (Å²) in [6, 6.07) is 19.1. The Hall–Kier alpha value is -2.74. The number of aryl methyl sites for hydroxylation is 2. The van der Waals surface area contributed by atoms with Gasteiger partial charge < -0.3 is 10.2 Å². The minimum Gasteiger partial charge on any atom is -0.508 e. The van der Waals surface area contributed by atoms with Crippen molar-refractivity contribution in [2.45, 2.75) is 26.7 Å². The van der Waals surface area contributed by atoms with E-state index in [0.717, 1.165) is 24.0 Å². The number of hydrogen-bond acceptors (Lipinski definition) is 2. The van der Waals surface area contributed by atoms with Crippen LogP contribution in [0.2, 0.25) is 0 Å². The van der Waals surface area contributed by atoms with Crippen molar-refractivity contribution in [1.29, 1.82) is 0 Å². The molecule has 0 saturated heterocycles. The zero-order valence-corrected chi connectivity index (χ0v) is 14.1. The molecular weight excluding hydrogens is 296 g/mol. The van der Waals surface area contributed by atoms with Crippen LogP contribution in [-0.2, 0) is 6.42 Å². The van der Waals surface area contributed by atoms with E-state index in [0.29, 0.717) is 0 Å². The number of phenols is 2. The Morgan fingerprint density at radius 1 is 0.667 bits per heavy atom. The first kappa shape index (κ1) is 16.1. The first-order valence-corrected chi connectivity index (χ1v) is 8.31. The highest BCUT2D eigenvalue weighted by atomic mass is 16.3. The summed E-state index contributed by atoms with van der Waals surface area (Å²) in [5.41, 5.74) is 7.09. The second-order valence-electron chi connectivity index (χ2n) is 6.14. The lowest BCUT2D eigenvalue weighted by Crippen LogP contribution is -1.96. The predicted octanol–water partition coefficient (Wildman–Crippen LogP) is 5.69. The van der Waals surface area contributed by atoms with Gasteiger partial charge in [0.15, 0.2) is 0 Å². The van der Waals surface area contributed by atoms with Crippen molar-refractivity contribution in [1.82, 2.24) is 0 Å². The molecule has 24 heavy (non-hydrogen) atoms. The fraction of sp³-hybridized carbons (Fsp3) is 0.182. The highest BCUT2D eigenvalue weighted by molar-refractivity contribution is 5.88. The third kappa shape index (κ3) is 3.13. The third-order valence-corrected chi connectivity index (χ3v) is 4.33. The molecule has 0 unspecified atom stereocenters. The van der Waals surface area contributed by atoms with Gasteiger partial charge in [0.05, 0.1) is 0 Å². The van der Waals surface area contributed by atoms with Gasteiger partial charge in [0.2, 0.25) is 0 Å². The van der Waals surface area contributed by atoms with Crippen LogP contribution in [0.4, 0.5) is 0 Å². The van der Waals surface area contributed by atoms with Crippen LogP contribution in [0.5, 0.6) is 11.5 Å². The van der Waals surface area contributed by atoms with E-state index in [9.17, 15) is 10.2 Å². The van der Waals surface area contributed by atoms with E-state index in [1.54, 1.807) is 24.3 Å². The van der Waals surface area contributed by atoms with Gasteiger partial charge in [-0.3, -0.25) is 0 Å². The second kappa shape index (κ2) is 6.79. The van der Waals surface area contributed by atoms with Crippen molar-refractivity contribution in [3.8, 4) is 33.8 Å². The molecule has 2 heteroatoms. The summed E-state index contributed by atoms with van der Waals surface area (Å²) >= 11 is 0. The van der Waals surface area contributed by atoms with E-state index >= 15 is 0 Å². The van der Waals surface area contributed by atoms with E-state index in [2.05, 4.69) is 26.0 Å². The number of phenolic OH excluding ortho intramolecular Hbond substituents is 2. The van der Waals surface area contributed by atoms with Gasteiger partial charge in [-0.15, -0.1) is 0 Å². The van der Waals surface area contributed by atoms with E-state index < -0.39 is 0 Å². The number of benzene rings is 3.